The fourth-order valence-corrected chi connectivity index (χ4v) is 3.14. The van der Waals surface area contributed by atoms with Gasteiger partial charge >= 0.3 is 5.97 Å². The molecule has 0 fully saturated rings. The zero-order valence-electron chi connectivity index (χ0n) is 15.5. The summed E-state index contributed by atoms with van der Waals surface area (Å²) < 4.78 is 4.74. The van der Waals surface area contributed by atoms with Crippen LogP contribution in [0.4, 0.5) is 5.69 Å². The lowest BCUT2D eigenvalue weighted by molar-refractivity contribution is -0.384. The molecule has 0 aliphatic heterocycles. The van der Waals surface area contributed by atoms with E-state index in [-0.39, 0.29) is 23.4 Å². The molecule has 0 saturated carbocycles. The molecule has 0 radical (unpaired) electrons. The number of phenols is 1. The van der Waals surface area contributed by atoms with Crippen molar-refractivity contribution in [3.05, 3.63) is 81.9 Å². The molecule has 3 aromatic carbocycles. The molecule has 0 saturated heterocycles. The summed E-state index contributed by atoms with van der Waals surface area (Å²) in [5.74, 6) is -2.10. The number of ether oxygens (including phenoxy) is 1. The molecule has 0 aliphatic carbocycles. The number of nitrogens with two attached hydrogens (primary N) is 1. The molecular weight excluding hydrogens is 376 g/mol. The second-order valence-corrected chi connectivity index (χ2v) is 6.61. The van der Waals surface area contributed by atoms with Crippen molar-refractivity contribution in [3.8, 4) is 5.75 Å². The molecule has 0 bridgehead atoms. The van der Waals surface area contributed by atoms with Crippen LogP contribution in [0.3, 0.4) is 0 Å². The lowest BCUT2D eigenvalue weighted by Gasteiger charge is -2.25. The van der Waals surface area contributed by atoms with Gasteiger partial charge < -0.3 is 15.6 Å². The Hall–Kier alpha value is -3.78. The van der Waals surface area contributed by atoms with Crippen LogP contribution in [0.2, 0.25) is 0 Å². The fourth-order valence-electron chi connectivity index (χ4n) is 3.14. The molecule has 29 heavy (non-hydrogen) atoms. The number of rotatable bonds is 6. The monoisotopic (exact) mass is 394 g/mol. The van der Waals surface area contributed by atoms with E-state index in [1.54, 1.807) is 24.3 Å². The highest BCUT2D eigenvalue weighted by molar-refractivity contribution is 6.18. The van der Waals surface area contributed by atoms with E-state index < -0.39 is 22.2 Å². The van der Waals surface area contributed by atoms with Crippen LogP contribution in [0.1, 0.15) is 15.9 Å². The van der Waals surface area contributed by atoms with Crippen LogP contribution >= 0.6 is 0 Å². The topological polar surface area (TPSA) is 133 Å². The molecule has 0 spiro atoms. The number of nitro groups is 1. The molecule has 0 aromatic heterocycles. The van der Waals surface area contributed by atoms with Gasteiger partial charge in [-0.15, -0.1) is 0 Å². The summed E-state index contributed by atoms with van der Waals surface area (Å²) in [6.07, 6.45) is -0.261. The molecule has 3 N–H and O–H groups in total. The van der Waals surface area contributed by atoms with Gasteiger partial charge in [0, 0.05) is 18.6 Å². The van der Waals surface area contributed by atoms with Crippen molar-refractivity contribution in [1.29, 1.82) is 0 Å². The average molecular weight is 394 g/mol. The Morgan fingerprint density at radius 3 is 2.24 bits per heavy atom. The first-order chi connectivity index (χ1) is 13.8. The predicted octanol–water partition coefficient (Wildman–Crippen LogP) is 2.75. The minimum atomic E-state index is -2.12. The summed E-state index contributed by atoms with van der Waals surface area (Å²) in [5, 5.41) is 22.6. The number of hydrogen-bond donors (Lipinski definition) is 2. The number of nitrogens with zero attached hydrogens (tertiary/aromatic N) is 1. The Morgan fingerprint density at radius 1 is 1.10 bits per heavy atom. The Labute approximate surface area is 165 Å². The van der Waals surface area contributed by atoms with Gasteiger partial charge in [0.15, 0.2) is 11.3 Å². The van der Waals surface area contributed by atoms with Crippen LogP contribution in [0.5, 0.6) is 5.75 Å². The maximum absolute atomic E-state index is 13.2. The number of methoxy groups -OCH3 is 1. The van der Waals surface area contributed by atoms with E-state index in [9.17, 15) is 24.8 Å². The second-order valence-electron chi connectivity index (χ2n) is 6.61. The number of ketones is 1. The standard InChI is InChI=1S/C21H18N2O6/c1-29-20(26)21(22,12-13-6-8-16(9-7-13)23(27)28)19(25)17-10-14-4-2-3-5-15(14)11-18(17)24/h2-11,24H,12,22H2,1H3/t21-/m0/s1. The molecule has 1 atom stereocenters. The molecule has 3 rings (SSSR count). The van der Waals surface area contributed by atoms with Gasteiger partial charge in [-0.2, -0.15) is 0 Å². The van der Waals surface area contributed by atoms with Crippen molar-refractivity contribution in [2.24, 2.45) is 5.73 Å². The number of phenolic OH excluding ortho intramolecular Hbond substituents is 1. The van der Waals surface area contributed by atoms with Crippen molar-refractivity contribution in [2.45, 2.75) is 12.0 Å². The van der Waals surface area contributed by atoms with Crippen LogP contribution in [0, 0.1) is 10.1 Å². The van der Waals surface area contributed by atoms with Crippen molar-refractivity contribution in [2.75, 3.05) is 7.11 Å². The van der Waals surface area contributed by atoms with E-state index >= 15 is 0 Å². The summed E-state index contributed by atoms with van der Waals surface area (Å²) in [4.78, 5) is 35.9. The van der Waals surface area contributed by atoms with Gasteiger partial charge in [-0.1, -0.05) is 36.4 Å². The maximum Gasteiger partial charge on any atom is 0.334 e. The second kappa shape index (κ2) is 7.69. The van der Waals surface area contributed by atoms with Gasteiger partial charge in [0.05, 0.1) is 17.6 Å². The molecule has 8 nitrogen and oxygen atoms in total. The Bertz CT molecular complexity index is 1110. The molecule has 0 aliphatic rings. The zero-order valence-corrected chi connectivity index (χ0v) is 15.5. The van der Waals surface area contributed by atoms with Crippen molar-refractivity contribution in [3.63, 3.8) is 0 Å². The third-order valence-corrected chi connectivity index (χ3v) is 4.69. The van der Waals surface area contributed by atoms with Gasteiger partial charge in [0.25, 0.3) is 5.69 Å². The lowest BCUT2D eigenvalue weighted by atomic mass is 9.83. The fraction of sp³-hybridized carbons (Fsp3) is 0.143. The van der Waals surface area contributed by atoms with Crippen molar-refractivity contribution >= 4 is 28.2 Å². The van der Waals surface area contributed by atoms with Crippen LogP contribution < -0.4 is 5.73 Å². The predicted molar refractivity (Wildman–Crippen MR) is 106 cm³/mol. The summed E-state index contributed by atoms with van der Waals surface area (Å²) in [7, 11) is 1.10. The zero-order chi connectivity index (χ0) is 21.2. The van der Waals surface area contributed by atoms with Gasteiger partial charge in [-0.05, 0) is 28.5 Å². The van der Waals surface area contributed by atoms with E-state index in [1.807, 2.05) is 0 Å². The van der Waals surface area contributed by atoms with Crippen molar-refractivity contribution < 1.29 is 24.4 Å². The third-order valence-electron chi connectivity index (χ3n) is 4.69. The van der Waals surface area contributed by atoms with E-state index in [0.29, 0.717) is 10.9 Å². The molecular formula is C21H18N2O6. The van der Waals surface area contributed by atoms with Gasteiger partial charge in [0.2, 0.25) is 0 Å². The lowest BCUT2D eigenvalue weighted by Crippen LogP contribution is -2.57. The highest BCUT2D eigenvalue weighted by Gasteiger charge is 2.44. The SMILES string of the molecule is COC(=O)[C@](N)(Cc1ccc([N+](=O)[O-])cc1)C(=O)c1cc2ccccc2cc1O. The van der Waals surface area contributed by atoms with Gasteiger partial charge in [0.1, 0.15) is 5.75 Å². The number of carbonyl (C=O) groups is 2. The summed E-state index contributed by atoms with van der Waals surface area (Å²) in [5.41, 5.74) is 4.27. The van der Waals surface area contributed by atoms with E-state index in [0.717, 1.165) is 12.5 Å². The first kappa shape index (κ1) is 20.0. The minimum Gasteiger partial charge on any atom is -0.507 e. The molecule has 148 valence electrons. The van der Waals surface area contributed by atoms with Crippen LogP contribution in [0.15, 0.2) is 60.7 Å². The number of fused-ring (bicyclic) bond motifs is 1. The van der Waals surface area contributed by atoms with E-state index in [1.165, 1.54) is 36.4 Å². The summed E-state index contributed by atoms with van der Waals surface area (Å²) in [6, 6.07) is 15.3. The van der Waals surface area contributed by atoms with Crippen LogP contribution in [-0.2, 0) is 16.0 Å². The maximum atomic E-state index is 13.2. The van der Waals surface area contributed by atoms with Crippen LogP contribution in [0.25, 0.3) is 10.8 Å². The highest BCUT2D eigenvalue weighted by Crippen LogP contribution is 2.29. The Kier molecular flexibility index (Phi) is 5.29. The molecule has 3 aromatic rings. The number of nitro benzene ring substituents is 1. The summed E-state index contributed by atoms with van der Waals surface area (Å²) >= 11 is 0. The minimum absolute atomic E-state index is 0.112. The smallest absolute Gasteiger partial charge is 0.334 e. The number of hydrogen-bond acceptors (Lipinski definition) is 7. The van der Waals surface area contributed by atoms with Gasteiger partial charge in [-0.25, -0.2) is 4.79 Å². The quantitative estimate of drug-likeness (QED) is 0.216. The number of benzene rings is 3. The first-order valence-corrected chi connectivity index (χ1v) is 8.63. The molecule has 0 heterocycles. The number of carbonyl (C=O) groups excluding carboxylic acids is 2. The van der Waals surface area contributed by atoms with E-state index in [4.69, 9.17) is 10.5 Å². The van der Waals surface area contributed by atoms with Gasteiger partial charge in [-0.3, -0.25) is 14.9 Å². The molecule has 0 amide bonds. The number of aromatic hydroxyl groups is 1. The third kappa shape index (κ3) is 3.78. The van der Waals surface area contributed by atoms with E-state index in [2.05, 4.69) is 0 Å². The molecule has 8 heteroatoms. The normalized spacial score (nSPS) is 12.9. The largest absolute Gasteiger partial charge is 0.507 e. The Morgan fingerprint density at radius 2 is 1.69 bits per heavy atom. The average Bonchev–Trinajstić information content (AvgIpc) is 2.72. The number of non-ortho nitro benzene ring substituents is 1. The number of esters is 1. The summed E-state index contributed by atoms with van der Waals surface area (Å²) in [6.45, 7) is 0. The Balaban J connectivity index is 2.03. The van der Waals surface area contributed by atoms with Crippen LogP contribution in [-0.4, -0.2) is 34.4 Å². The van der Waals surface area contributed by atoms with Crippen molar-refractivity contribution in [1.82, 2.24) is 0 Å². The molecule has 0 unspecified atom stereocenters. The first-order valence-electron chi connectivity index (χ1n) is 8.63. The highest BCUT2D eigenvalue weighted by atomic mass is 16.6. The number of Topliss-reactive ketones (excluding diaryl/α,β-unsaturated/α-hetero) is 1.